The third-order valence-electron chi connectivity index (χ3n) is 6.11. The highest BCUT2D eigenvalue weighted by Crippen LogP contribution is 2.47. The molecule has 0 saturated carbocycles. The number of sulfonamides is 1. The second-order valence-corrected chi connectivity index (χ2v) is 10.5. The molecule has 8 heteroatoms. The molecule has 1 amide bonds. The van der Waals surface area contributed by atoms with Crippen molar-refractivity contribution in [2.24, 2.45) is 5.92 Å². The maximum absolute atomic E-state index is 13.6. The molecule has 0 spiro atoms. The van der Waals surface area contributed by atoms with E-state index in [1.54, 1.807) is 28.6 Å². The zero-order valence-electron chi connectivity index (χ0n) is 16.8. The Morgan fingerprint density at radius 2 is 2.00 bits per heavy atom. The second-order valence-electron chi connectivity index (χ2n) is 8.18. The van der Waals surface area contributed by atoms with Gasteiger partial charge in [-0.15, -0.1) is 0 Å². The van der Waals surface area contributed by atoms with Crippen LogP contribution >= 0.6 is 11.6 Å². The largest absolute Gasteiger partial charge is 0.349 e. The third-order valence-corrected chi connectivity index (χ3v) is 8.12. The van der Waals surface area contributed by atoms with Crippen LogP contribution in [0.2, 0.25) is 5.02 Å². The van der Waals surface area contributed by atoms with Gasteiger partial charge in [0.25, 0.3) is 0 Å². The fourth-order valence-corrected chi connectivity index (χ4v) is 6.94. The lowest BCUT2D eigenvalue weighted by molar-refractivity contribution is -0.121. The van der Waals surface area contributed by atoms with E-state index < -0.39 is 15.6 Å². The van der Waals surface area contributed by atoms with Gasteiger partial charge in [0.15, 0.2) is 0 Å². The van der Waals surface area contributed by atoms with Crippen molar-refractivity contribution in [3.05, 3.63) is 70.7 Å². The summed E-state index contributed by atoms with van der Waals surface area (Å²) in [6.45, 7) is 3.14. The SMILES string of the molecule is CC(=O)N[C@@]12CCNC[C@@H]1[C@@H](c1ccccc1)N(S(=O)(=O)Cc1cccc(Cl)c1)C2. The van der Waals surface area contributed by atoms with Crippen molar-refractivity contribution in [1.29, 1.82) is 0 Å². The number of piperidine rings is 1. The summed E-state index contributed by atoms with van der Waals surface area (Å²) in [6.07, 6.45) is 0.684. The molecule has 160 valence electrons. The highest BCUT2D eigenvalue weighted by molar-refractivity contribution is 7.88. The van der Waals surface area contributed by atoms with Crippen molar-refractivity contribution in [3.63, 3.8) is 0 Å². The van der Waals surface area contributed by atoms with Gasteiger partial charge >= 0.3 is 0 Å². The van der Waals surface area contributed by atoms with Gasteiger partial charge in [0.05, 0.1) is 17.3 Å². The Hall–Kier alpha value is -1.93. The molecule has 0 aromatic heterocycles. The van der Waals surface area contributed by atoms with E-state index in [2.05, 4.69) is 10.6 Å². The molecule has 0 radical (unpaired) electrons. The minimum Gasteiger partial charge on any atom is -0.349 e. The van der Waals surface area contributed by atoms with E-state index in [1.807, 2.05) is 30.3 Å². The van der Waals surface area contributed by atoms with E-state index in [0.717, 1.165) is 12.1 Å². The normalized spacial score (nSPS) is 26.9. The van der Waals surface area contributed by atoms with Gasteiger partial charge in [-0.2, -0.15) is 4.31 Å². The molecule has 2 aromatic carbocycles. The van der Waals surface area contributed by atoms with Gasteiger partial charge in [-0.3, -0.25) is 4.79 Å². The molecule has 2 fully saturated rings. The third kappa shape index (κ3) is 4.12. The van der Waals surface area contributed by atoms with Crippen molar-refractivity contribution < 1.29 is 13.2 Å². The highest BCUT2D eigenvalue weighted by atomic mass is 35.5. The van der Waals surface area contributed by atoms with E-state index in [-0.39, 0.29) is 30.2 Å². The van der Waals surface area contributed by atoms with Crippen LogP contribution in [0.4, 0.5) is 0 Å². The zero-order chi connectivity index (χ0) is 21.4. The van der Waals surface area contributed by atoms with Gasteiger partial charge in [-0.1, -0.05) is 54.1 Å². The predicted octanol–water partition coefficient (Wildman–Crippen LogP) is 2.71. The average Bonchev–Trinajstić information content (AvgIpc) is 3.03. The topological polar surface area (TPSA) is 78.5 Å². The number of amides is 1. The fraction of sp³-hybridized carbons (Fsp3) is 0.409. The predicted molar refractivity (Wildman–Crippen MR) is 117 cm³/mol. The quantitative estimate of drug-likeness (QED) is 0.738. The Morgan fingerprint density at radius 3 is 2.70 bits per heavy atom. The summed E-state index contributed by atoms with van der Waals surface area (Å²) in [5.74, 6) is -0.331. The Labute approximate surface area is 182 Å². The van der Waals surface area contributed by atoms with Crippen molar-refractivity contribution in [1.82, 2.24) is 14.9 Å². The molecule has 2 heterocycles. The van der Waals surface area contributed by atoms with Crippen LogP contribution in [0.25, 0.3) is 0 Å². The smallest absolute Gasteiger partial charge is 0.218 e. The number of rotatable bonds is 5. The first-order chi connectivity index (χ1) is 14.3. The van der Waals surface area contributed by atoms with E-state index in [4.69, 9.17) is 11.6 Å². The molecular weight excluding hydrogens is 422 g/mol. The van der Waals surface area contributed by atoms with Gasteiger partial charge < -0.3 is 10.6 Å². The number of carbonyl (C=O) groups excluding carboxylic acids is 1. The molecule has 2 N–H and O–H groups in total. The molecule has 0 aliphatic carbocycles. The molecule has 2 aromatic rings. The minimum atomic E-state index is -3.66. The van der Waals surface area contributed by atoms with Gasteiger partial charge in [-0.25, -0.2) is 8.42 Å². The standard InChI is InChI=1S/C22H26ClN3O3S/c1-16(27)25-22-10-11-24-13-20(22)21(18-7-3-2-4-8-18)26(15-22)30(28,29)14-17-6-5-9-19(23)12-17/h2-9,12,20-21,24H,10-11,13-15H2,1H3,(H,25,27)/t20-,21-,22-/m1/s1. The van der Waals surface area contributed by atoms with Gasteiger partial charge in [0.1, 0.15) is 0 Å². The summed E-state index contributed by atoms with van der Waals surface area (Å²) in [5.41, 5.74) is 1.00. The maximum Gasteiger partial charge on any atom is 0.218 e. The minimum absolute atomic E-state index is 0.0633. The summed E-state index contributed by atoms with van der Waals surface area (Å²) in [4.78, 5) is 12.1. The summed E-state index contributed by atoms with van der Waals surface area (Å²) in [5, 5.41) is 7.03. The monoisotopic (exact) mass is 447 g/mol. The summed E-state index contributed by atoms with van der Waals surface area (Å²) in [6, 6.07) is 16.3. The molecule has 6 nitrogen and oxygen atoms in total. The summed E-state index contributed by atoms with van der Waals surface area (Å²) in [7, 11) is -3.66. The molecule has 2 aliphatic heterocycles. The number of carbonyl (C=O) groups is 1. The Bertz CT molecular complexity index is 1030. The molecule has 3 atom stereocenters. The first kappa shape index (κ1) is 21.3. The molecular formula is C22H26ClN3O3S. The Morgan fingerprint density at radius 1 is 1.23 bits per heavy atom. The van der Waals surface area contributed by atoms with Crippen LogP contribution in [0.1, 0.15) is 30.5 Å². The van der Waals surface area contributed by atoms with Crippen LogP contribution in [-0.4, -0.2) is 43.8 Å². The van der Waals surface area contributed by atoms with E-state index in [1.165, 1.54) is 6.92 Å². The highest BCUT2D eigenvalue weighted by Gasteiger charge is 2.57. The van der Waals surface area contributed by atoms with Crippen LogP contribution in [0.5, 0.6) is 0 Å². The van der Waals surface area contributed by atoms with Crippen molar-refractivity contribution in [2.75, 3.05) is 19.6 Å². The lowest BCUT2D eigenvalue weighted by Crippen LogP contribution is -2.60. The van der Waals surface area contributed by atoms with E-state index in [0.29, 0.717) is 23.6 Å². The number of halogens is 1. The summed E-state index contributed by atoms with van der Waals surface area (Å²) < 4.78 is 28.8. The maximum atomic E-state index is 13.6. The van der Waals surface area contributed by atoms with Crippen LogP contribution in [-0.2, 0) is 20.6 Å². The number of nitrogens with zero attached hydrogens (tertiary/aromatic N) is 1. The lowest BCUT2D eigenvalue weighted by Gasteiger charge is -2.41. The lowest BCUT2D eigenvalue weighted by atomic mass is 9.76. The number of fused-ring (bicyclic) bond motifs is 1. The van der Waals surface area contributed by atoms with Crippen molar-refractivity contribution in [3.8, 4) is 0 Å². The molecule has 2 saturated heterocycles. The second kappa shape index (κ2) is 8.30. The number of hydrogen-bond acceptors (Lipinski definition) is 4. The summed E-state index contributed by atoms with van der Waals surface area (Å²) >= 11 is 6.07. The number of benzene rings is 2. The van der Waals surface area contributed by atoms with Gasteiger partial charge in [-0.05, 0) is 36.2 Å². The molecule has 0 unspecified atom stereocenters. The molecule has 4 rings (SSSR count). The first-order valence-corrected chi connectivity index (χ1v) is 12.1. The molecule has 30 heavy (non-hydrogen) atoms. The van der Waals surface area contributed by atoms with Crippen molar-refractivity contribution in [2.45, 2.75) is 30.7 Å². The van der Waals surface area contributed by atoms with Crippen LogP contribution in [0.15, 0.2) is 54.6 Å². The van der Waals surface area contributed by atoms with E-state index in [9.17, 15) is 13.2 Å². The Kier molecular flexibility index (Phi) is 5.90. The van der Waals surface area contributed by atoms with Crippen molar-refractivity contribution >= 4 is 27.5 Å². The first-order valence-electron chi connectivity index (χ1n) is 10.1. The van der Waals surface area contributed by atoms with Crippen LogP contribution < -0.4 is 10.6 Å². The zero-order valence-corrected chi connectivity index (χ0v) is 18.4. The van der Waals surface area contributed by atoms with Gasteiger partial charge in [0.2, 0.25) is 15.9 Å². The molecule has 0 bridgehead atoms. The van der Waals surface area contributed by atoms with Crippen LogP contribution in [0.3, 0.4) is 0 Å². The molecule has 2 aliphatic rings. The number of nitrogens with one attached hydrogen (secondary N) is 2. The van der Waals surface area contributed by atoms with E-state index >= 15 is 0 Å². The fourth-order valence-electron chi connectivity index (χ4n) is 4.92. The average molecular weight is 448 g/mol. The number of hydrogen-bond donors (Lipinski definition) is 2. The van der Waals surface area contributed by atoms with Crippen LogP contribution in [0, 0.1) is 5.92 Å². The Balaban J connectivity index is 1.76. The van der Waals surface area contributed by atoms with Gasteiger partial charge in [0, 0.05) is 31.0 Å².